The first-order valence-electron chi connectivity index (χ1n) is 8.21. The van der Waals surface area contributed by atoms with Gasteiger partial charge in [-0.1, -0.05) is 18.9 Å². The molecular formula is C17H21N3OS. The molecule has 0 bridgehead atoms. The van der Waals surface area contributed by atoms with Gasteiger partial charge < -0.3 is 5.32 Å². The van der Waals surface area contributed by atoms with E-state index in [0.717, 1.165) is 10.6 Å². The smallest absolute Gasteiger partial charge is 0.261 e. The van der Waals surface area contributed by atoms with E-state index in [1.54, 1.807) is 0 Å². The third kappa shape index (κ3) is 2.82. The summed E-state index contributed by atoms with van der Waals surface area (Å²) in [5.74, 6) is 0.702. The van der Waals surface area contributed by atoms with Crippen molar-refractivity contribution in [1.82, 2.24) is 15.1 Å². The minimum Gasteiger partial charge on any atom is -0.346 e. The molecule has 2 aromatic heterocycles. The number of carbonyl (C=O) groups is 1. The monoisotopic (exact) mass is 315 g/mol. The van der Waals surface area contributed by atoms with E-state index >= 15 is 0 Å². The van der Waals surface area contributed by atoms with Gasteiger partial charge in [0.15, 0.2) is 0 Å². The Morgan fingerprint density at radius 3 is 2.82 bits per heavy atom. The maximum atomic E-state index is 12.0. The fraction of sp³-hybridized carbons (Fsp3) is 0.529. The molecule has 22 heavy (non-hydrogen) atoms. The average Bonchev–Trinajstić information content (AvgIpc) is 3.02. The minimum absolute atomic E-state index is 0.00149. The first kappa shape index (κ1) is 14.0. The van der Waals surface area contributed by atoms with Gasteiger partial charge in [-0.2, -0.15) is 5.10 Å². The van der Waals surface area contributed by atoms with Crippen LogP contribution in [0.15, 0.2) is 23.6 Å². The van der Waals surface area contributed by atoms with E-state index in [-0.39, 0.29) is 5.91 Å². The van der Waals surface area contributed by atoms with Crippen LogP contribution >= 0.6 is 11.3 Å². The Labute approximate surface area is 134 Å². The van der Waals surface area contributed by atoms with Crippen molar-refractivity contribution in [2.24, 2.45) is 0 Å². The molecular weight excluding hydrogens is 294 g/mol. The molecule has 1 N–H and O–H groups in total. The Morgan fingerprint density at radius 1 is 1.32 bits per heavy atom. The summed E-state index contributed by atoms with van der Waals surface area (Å²) in [6, 6.07) is 6.55. The topological polar surface area (TPSA) is 46.9 Å². The van der Waals surface area contributed by atoms with E-state index in [2.05, 4.69) is 16.1 Å². The molecule has 0 unspecified atom stereocenters. The highest BCUT2D eigenvalue weighted by Crippen LogP contribution is 2.43. The van der Waals surface area contributed by atoms with Crippen LogP contribution in [0.5, 0.6) is 0 Å². The summed E-state index contributed by atoms with van der Waals surface area (Å²) in [6.45, 7) is 0.524. The lowest BCUT2D eigenvalue weighted by atomic mass is 10.2. The lowest BCUT2D eigenvalue weighted by Gasteiger charge is -2.13. The number of nitrogens with one attached hydrogen (secondary N) is 1. The Bertz CT molecular complexity index is 652. The van der Waals surface area contributed by atoms with Crippen LogP contribution in [0.2, 0.25) is 0 Å². The Morgan fingerprint density at radius 2 is 2.14 bits per heavy atom. The van der Waals surface area contributed by atoms with E-state index < -0.39 is 0 Å². The Kier molecular flexibility index (Phi) is 3.74. The maximum absolute atomic E-state index is 12.0. The molecule has 0 saturated heterocycles. The number of hydrogen-bond acceptors (Lipinski definition) is 3. The highest BCUT2D eigenvalue weighted by molar-refractivity contribution is 7.12. The predicted octanol–water partition coefficient (Wildman–Crippen LogP) is 3.87. The van der Waals surface area contributed by atoms with Crippen LogP contribution in [0, 0.1) is 0 Å². The van der Waals surface area contributed by atoms with E-state index in [4.69, 9.17) is 5.10 Å². The fourth-order valence-corrected chi connectivity index (χ4v) is 3.98. The molecule has 116 valence electrons. The van der Waals surface area contributed by atoms with Crippen molar-refractivity contribution in [2.75, 3.05) is 0 Å². The molecule has 2 heterocycles. The number of amides is 1. The van der Waals surface area contributed by atoms with Gasteiger partial charge in [0, 0.05) is 11.6 Å². The second-order valence-corrected chi connectivity index (χ2v) is 7.33. The normalized spacial score (nSPS) is 18.7. The second kappa shape index (κ2) is 5.88. The van der Waals surface area contributed by atoms with E-state index in [1.807, 2.05) is 17.5 Å². The van der Waals surface area contributed by atoms with Gasteiger partial charge in [0.1, 0.15) is 0 Å². The van der Waals surface area contributed by atoms with Crippen LogP contribution in [0.25, 0.3) is 0 Å². The third-order valence-electron chi connectivity index (χ3n) is 4.66. The van der Waals surface area contributed by atoms with Crippen molar-refractivity contribution < 1.29 is 4.79 Å². The van der Waals surface area contributed by atoms with Crippen LogP contribution in [-0.2, 0) is 6.54 Å². The van der Waals surface area contributed by atoms with Crippen molar-refractivity contribution in [2.45, 2.75) is 57.0 Å². The zero-order chi connectivity index (χ0) is 14.9. The number of carbonyl (C=O) groups excluding carboxylic acids is 1. The van der Waals surface area contributed by atoms with Gasteiger partial charge in [-0.15, -0.1) is 11.3 Å². The van der Waals surface area contributed by atoms with Crippen LogP contribution in [0.4, 0.5) is 0 Å². The standard InChI is InChI=1S/C17H21N3OS/c21-17(16-6-3-9-22-16)18-11-13-10-15(12-7-8-12)20(19-13)14-4-1-2-5-14/h3,6,9-10,12,14H,1-2,4-5,7-8,11H2,(H,18,21). The van der Waals surface area contributed by atoms with Crippen LogP contribution in [-0.4, -0.2) is 15.7 Å². The summed E-state index contributed by atoms with van der Waals surface area (Å²) in [4.78, 5) is 12.8. The van der Waals surface area contributed by atoms with Gasteiger partial charge in [-0.05, 0) is 43.2 Å². The largest absolute Gasteiger partial charge is 0.346 e. The maximum Gasteiger partial charge on any atom is 0.261 e. The summed E-state index contributed by atoms with van der Waals surface area (Å²) < 4.78 is 2.28. The first-order valence-corrected chi connectivity index (χ1v) is 9.09. The van der Waals surface area contributed by atoms with Gasteiger partial charge in [0.05, 0.1) is 23.2 Å². The molecule has 0 aromatic carbocycles. The molecule has 0 atom stereocenters. The van der Waals surface area contributed by atoms with E-state index in [1.165, 1.54) is 55.6 Å². The van der Waals surface area contributed by atoms with Crippen LogP contribution in [0.1, 0.15) is 71.5 Å². The SMILES string of the molecule is O=C(NCc1cc(C2CC2)n(C2CCCC2)n1)c1cccs1. The summed E-state index contributed by atoms with van der Waals surface area (Å²) in [5.41, 5.74) is 2.39. The van der Waals surface area contributed by atoms with Gasteiger partial charge in [0.2, 0.25) is 0 Å². The Hall–Kier alpha value is -1.62. The zero-order valence-corrected chi connectivity index (χ0v) is 13.4. The van der Waals surface area contributed by atoms with Crippen molar-refractivity contribution >= 4 is 17.2 Å². The molecule has 0 spiro atoms. The summed E-state index contributed by atoms with van der Waals surface area (Å²) in [7, 11) is 0. The van der Waals surface area contributed by atoms with E-state index in [9.17, 15) is 4.79 Å². The molecule has 0 aliphatic heterocycles. The van der Waals surface area contributed by atoms with Gasteiger partial charge in [-0.3, -0.25) is 9.48 Å². The molecule has 4 nitrogen and oxygen atoms in total. The van der Waals surface area contributed by atoms with Gasteiger partial charge in [-0.25, -0.2) is 0 Å². The molecule has 2 saturated carbocycles. The fourth-order valence-electron chi connectivity index (χ4n) is 3.34. The van der Waals surface area contributed by atoms with Crippen molar-refractivity contribution in [3.05, 3.63) is 39.8 Å². The number of hydrogen-bond donors (Lipinski definition) is 1. The molecule has 5 heteroatoms. The summed E-state index contributed by atoms with van der Waals surface area (Å²) in [5, 5.41) is 9.73. The van der Waals surface area contributed by atoms with Crippen molar-refractivity contribution in [1.29, 1.82) is 0 Å². The lowest BCUT2D eigenvalue weighted by molar-refractivity contribution is 0.0954. The van der Waals surface area contributed by atoms with Gasteiger partial charge in [0.25, 0.3) is 5.91 Å². The van der Waals surface area contributed by atoms with Crippen LogP contribution < -0.4 is 5.32 Å². The zero-order valence-electron chi connectivity index (χ0n) is 12.6. The number of thiophene rings is 1. The average molecular weight is 315 g/mol. The second-order valence-electron chi connectivity index (χ2n) is 6.38. The molecule has 2 aromatic rings. The Balaban J connectivity index is 1.47. The van der Waals surface area contributed by atoms with E-state index in [0.29, 0.717) is 18.5 Å². The molecule has 2 fully saturated rings. The third-order valence-corrected chi connectivity index (χ3v) is 5.53. The highest BCUT2D eigenvalue weighted by Gasteiger charge is 2.31. The first-order chi connectivity index (χ1) is 10.8. The number of rotatable bonds is 5. The molecule has 2 aliphatic rings. The van der Waals surface area contributed by atoms with Crippen LogP contribution in [0.3, 0.4) is 0 Å². The molecule has 0 radical (unpaired) electrons. The van der Waals surface area contributed by atoms with Crippen molar-refractivity contribution in [3.63, 3.8) is 0 Å². The van der Waals surface area contributed by atoms with Crippen molar-refractivity contribution in [3.8, 4) is 0 Å². The molecule has 4 rings (SSSR count). The quantitative estimate of drug-likeness (QED) is 0.910. The lowest BCUT2D eigenvalue weighted by Crippen LogP contribution is -2.22. The minimum atomic E-state index is -0.00149. The number of nitrogens with zero attached hydrogens (tertiary/aromatic N) is 2. The van der Waals surface area contributed by atoms with Gasteiger partial charge >= 0.3 is 0 Å². The number of aromatic nitrogens is 2. The molecule has 1 amide bonds. The summed E-state index contributed by atoms with van der Waals surface area (Å²) in [6.07, 6.45) is 7.72. The summed E-state index contributed by atoms with van der Waals surface area (Å²) >= 11 is 1.47. The highest BCUT2D eigenvalue weighted by atomic mass is 32.1. The predicted molar refractivity (Wildman–Crippen MR) is 87.2 cm³/mol. The molecule has 2 aliphatic carbocycles.